The number of carbonyl (C=O) groups is 2. The van der Waals surface area contributed by atoms with Gasteiger partial charge >= 0.3 is 0 Å². The molecule has 160 valence electrons. The predicted molar refractivity (Wildman–Crippen MR) is 116 cm³/mol. The number of amides is 2. The summed E-state index contributed by atoms with van der Waals surface area (Å²) in [5.74, 6) is -0.940. The van der Waals surface area contributed by atoms with Gasteiger partial charge in [0, 0.05) is 43.2 Å². The number of hydrogen-bond acceptors (Lipinski definition) is 4. The number of carbonyl (C=O) groups excluding carboxylic acids is 2. The quantitative estimate of drug-likeness (QED) is 0.660. The van der Waals surface area contributed by atoms with E-state index in [9.17, 15) is 14.0 Å². The van der Waals surface area contributed by atoms with Gasteiger partial charge in [0.15, 0.2) is 0 Å². The normalized spacial score (nSPS) is 16.4. The van der Waals surface area contributed by atoms with E-state index in [1.54, 1.807) is 24.5 Å². The van der Waals surface area contributed by atoms with Crippen LogP contribution in [0.15, 0.2) is 48.8 Å². The number of piperidine rings is 1. The zero-order valence-corrected chi connectivity index (χ0v) is 17.3. The maximum Gasteiger partial charge on any atom is 0.250 e. The maximum atomic E-state index is 13.6. The Kier molecular flexibility index (Phi) is 6.21. The number of hydrogen-bond donors (Lipinski definition) is 1. The Balaban J connectivity index is 1.48. The summed E-state index contributed by atoms with van der Waals surface area (Å²) in [6.07, 6.45) is 7.25. The third-order valence-corrected chi connectivity index (χ3v) is 5.84. The lowest BCUT2D eigenvalue weighted by atomic mass is 9.90. The molecule has 0 spiro atoms. The largest absolute Gasteiger partial charge is 0.366 e. The lowest BCUT2D eigenvalue weighted by Crippen LogP contribution is -2.39. The number of primary amides is 1. The summed E-state index contributed by atoms with van der Waals surface area (Å²) >= 11 is 0. The number of benzene rings is 1. The van der Waals surface area contributed by atoms with E-state index in [0.29, 0.717) is 41.7 Å². The fraction of sp³-hybridized carbons (Fsp3) is 0.333. The van der Waals surface area contributed by atoms with Crippen molar-refractivity contribution in [1.82, 2.24) is 14.9 Å². The van der Waals surface area contributed by atoms with Crippen molar-refractivity contribution in [3.63, 3.8) is 0 Å². The van der Waals surface area contributed by atoms with Gasteiger partial charge in [-0.1, -0.05) is 0 Å². The van der Waals surface area contributed by atoms with Crippen LogP contribution in [0.2, 0.25) is 0 Å². The molecule has 7 heteroatoms. The van der Waals surface area contributed by atoms with E-state index in [1.807, 2.05) is 17.0 Å². The highest BCUT2D eigenvalue weighted by molar-refractivity contribution is 5.97. The van der Waals surface area contributed by atoms with Gasteiger partial charge in [0.2, 0.25) is 5.91 Å². The number of rotatable bonds is 6. The molecule has 3 aromatic rings. The number of fused-ring (bicyclic) bond motifs is 1. The van der Waals surface area contributed by atoms with Crippen LogP contribution in [-0.2, 0) is 11.2 Å². The molecule has 2 N–H and O–H groups in total. The molecular weight excluding hydrogens is 395 g/mol. The average molecular weight is 420 g/mol. The second-order valence-corrected chi connectivity index (χ2v) is 8.01. The molecule has 2 aromatic heterocycles. The molecule has 3 heterocycles. The molecule has 2 amide bonds. The molecule has 1 aromatic carbocycles. The van der Waals surface area contributed by atoms with Gasteiger partial charge in [0.25, 0.3) is 5.91 Å². The highest BCUT2D eigenvalue weighted by Gasteiger charge is 2.28. The Morgan fingerprint density at radius 2 is 1.97 bits per heavy atom. The molecule has 0 radical (unpaired) electrons. The Morgan fingerprint density at radius 3 is 2.74 bits per heavy atom. The maximum absolute atomic E-state index is 13.6. The summed E-state index contributed by atoms with van der Waals surface area (Å²) in [5.41, 5.74) is 8.29. The van der Waals surface area contributed by atoms with E-state index in [1.165, 1.54) is 17.7 Å². The smallest absolute Gasteiger partial charge is 0.250 e. The van der Waals surface area contributed by atoms with Crippen molar-refractivity contribution in [2.24, 2.45) is 5.73 Å². The minimum Gasteiger partial charge on any atom is -0.366 e. The fourth-order valence-electron chi connectivity index (χ4n) is 4.25. The van der Waals surface area contributed by atoms with Crippen molar-refractivity contribution in [2.75, 3.05) is 13.1 Å². The number of halogens is 1. The molecule has 6 nitrogen and oxygen atoms in total. The highest BCUT2D eigenvalue weighted by atomic mass is 19.1. The van der Waals surface area contributed by atoms with Crippen LogP contribution in [0.1, 0.15) is 53.2 Å². The van der Waals surface area contributed by atoms with Gasteiger partial charge in [-0.2, -0.15) is 0 Å². The molecule has 1 saturated heterocycles. The van der Waals surface area contributed by atoms with Crippen LogP contribution in [-0.4, -0.2) is 39.8 Å². The van der Waals surface area contributed by atoms with E-state index in [0.717, 1.165) is 25.7 Å². The van der Waals surface area contributed by atoms with Crippen molar-refractivity contribution >= 4 is 22.7 Å². The first kappa shape index (κ1) is 20.9. The predicted octanol–water partition coefficient (Wildman–Crippen LogP) is 3.60. The third-order valence-electron chi connectivity index (χ3n) is 5.84. The van der Waals surface area contributed by atoms with Crippen molar-refractivity contribution < 1.29 is 14.0 Å². The summed E-state index contributed by atoms with van der Waals surface area (Å²) in [6.45, 7) is 1.21. The summed E-state index contributed by atoms with van der Waals surface area (Å²) in [5, 5.41) is 0.539. The van der Waals surface area contributed by atoms with Crippen LogP contribution >= 0.6 is 0 Å². The average Bonchev–Trinajstić information content (AvgIpc) is 2.79. The number of aryl methyl sites for hydroxylation is 1. The molecule has 0 saturated carbocycles. The van der Waals surface area contributed by atoms with Crippen LogP contribution in [0, 0.1) is 5.82 Å². The lowest BCUT2D eigenvalue weighted by Gasteiger charge is -2.33. The highest BCUT2D eigenvalue weighted by Crippen LogP contribution is 2.30. The Morgan fingerprint density at radius 1 is 1.16 bits per heavy atom. The van der Waals surface area contributed by atoms with E-state index < -0.39 is 11.7 Å². The van der Waals surface area contributed by atoms with Gasteiger partial charge in [-0.25, -0.2) is 4.39 Å². The zero-order chi connectivity index (χ0) is 21.8. The first-order valence-electron chi connectivity index (χ1n) is 10.6. The van der Waals surface area contributed by atoms with Crippen molar-refractivity contribution in [2.45, 2.75) is 38.0 Å². The van der Waals surface area contributed by atoms with Gasteiger partial charge in [-0.3, -0.25) is 19.6 Å². The third kappa shape index (κ3) is 4.87. The Labute approximate surface area is 180 Å². The molecule has 0 bridgehead atoms. The number of nitrogens with zero attached hydrogens (tertiary/aromatic N) is 3. The molecule has 4 rings (SSSR count). The summed E-state index contributed by atoms with van der Waals surface area (Å²) in [7, 11) is 0. The second-order valence-electron chi connectivity index (χ2n) is 8.01. The van der Waals surface area contributed by atoms with Crippen LogP contribution in [0.4, 0.5) is 4.39 Å². The first-order chi connectivity index (χ1) is 15.0. The Hall–Kier alpha value is -3.35. The fourth-order valence-corrected chi connectivity index (χ4v) is 4.25. The summed E-state index contributed by atoms with van der Waals surface area (Å²) in [4.78, 5) is 35.4. The summed E-state index contributed by atoms with van der Waals surface area (Å²) in [6, 6.07) is 9.83. The van der Waals surface area contributed by atoms with E-state index in [-0.39, 0.29) is 11.8 Å². The zero-order valence-electron chi connectivity index (χ0n) is 17.3. The SMILES string of the molecule is NC(=O)c1cc2cc(F)ccc2nc1[C@H]1CCCN(C(=O)CCCc2ccncc2)C1. The molecule has 1 atom stereocenters. The van der Waals surface area contributed by atoms with Crippen molar-refractivity contribution in [3.8, 4) is 0 Å². The van der Waals surface area contributed by atoms with Crippen LogP contribution in [0.3, 0.4) is 0 Å². The molecule has 1 fully saturated rings. The monoisotopic (exact) mass is 420 g/mol. The van der Waals surface area contributed by atoms with Gasteiger partial charge in [0.1, 0.15) is 5.82 Å². The van der Waals surface area contributed by atoms with Crippen molar-refractivity contribution in [1.29, 1.82) is 0 Å². The molecule has 0 aliphatic carbocycles. The summed E-state index contributed by atoms with van der Waals surface area (Å²) < 4.78 is 13.6. The molecular formula is C24H25FN4O2. The topological polar surface area (TPSA) is 89.2 Å². The lowest BCUT2D eigenvalue weighted by molar-refractivity contribution is -0.132. The van der Waals surface area contributed by atoms with Gasteiger partial charge in [-0.05, 0) is 67.6 Å². The molecule has 0 unspecified atom stereocenters. The second kappa shape index (κ2) is 9.20. The van der Waals surface area contributed by atoms with Gasteiger partial charge in [0.05, 0.1) is 16.8 Å². The molecule has 31 heavy (non-hydrogen) atoms. The molecule has 1 aliphatic heterocycles. The standard InChI is InChI=1S/C24H25FN4O2/c25-19-6-7-21-18(13-19)14-20(24(26)31)23(28-21)17-4-2-12-29(15-17)22(30)5-1-3-16-8-10-27-11-9-16/h6-11,13-14,17H,1-5,12,15H2,(H2,26,31)/t17-/m0/s1. The minimum absolute atomic E-state index is 0.0742. The minimum atomic E-state index is -0.588. The number of likely N-dealkylation sites (tertiary alicyclic amines) is 1. The van der Waals surface area contributed by atoms with E-state index in [2.05, 4.69) is 9.97 Å². The van der Waals surface area contributed by atoms with Gasteiger partial charge < -0.3 is 10.6 Å². The number of aromatic nitrogens is 2. The van der Waals surface area contributed by atoms with Crippen molar-refractivity contribution in [3.05, 3.63) is 71.4 Å². The van der Waals surface area contributed by atoms with E-state index in [4.69, 9.17) is 5.73 Å². The number of nitrogens with two attached hydrogens (primary N) is 1. The van der Waals surface area contributed by atoms with Gasteiger partial charge in [-0.15, -0.1) is 0 Å². The van der Waals surface area contributed by atoms with Crippen LogP contribution < -0.4 is 5.73 Å². The molecule has 1 aliphatic rings. The van der Waals surface area contributed by atoms with E-state index >= 15 is 0 Å². The van der Waals surface area contributed by atoms with Crippen LogP contribution in [0.25, 0.3) is 10.9 Å². The number of pyridine rings is 2. The van der Waals surface area contributed by atoms with Crippen LogP contribution in [0.5, 0.6) is 0 Å². The Bertz CT molecular complexity index is 1100. The first-order valence-corrected chi connectivity index (χ1v) is 10.6.